The first-order valence-electron chi connectivity index (χ1n) is 6.28. The summed E-state index contributed by atoms with van der Waals surface area (Å²) in [6.45, 7) is 0.819. The molecule has 1 aliphatic carbocycles. The summed E-state index contributed by atoms with van der Waals surface area (Å²) >= 11 is 0. The molecule has 0 spiro atoms. The van der Waals surface area contributed by atoms with E-state index in [1.807, 2.05) is 24.4 Å². The van der Waals surface area contributed by atoms with E-state index in [-0.39, 0.29) is 18.2 Å². The molecule has 2 aliphatic rings. The quantitative estimate of drug-likeness (QED) is 0.793. The number of anilines is 1. The van der Waals surface area contributed by atoms with E-state index in [1.54, 1.807) is 4.52 Å². The molecular formula is C12H15N5O. The lowest BCUT2D eigenvalue weighted by Gasteiger charge is -2.45. The number of ether oxygens (including phenoxy) is 1. The third-order valence-electron chi connectivity index (χ3n) is 3.98. The number of fused-ring (bicyclic) bond motifs is 2. The van der Waals surface area contributed by atoms with Crippen molar-refractivity contribution in [2.24, 2.45) is 11.7 Å². The Morgan fingerprint density at radius 3 is 3.28 bits per heavy atom. The van der Waals surface area contributed by atoms with Gasteiger partial charge in [0.2, 0.25) is 5.95 Å². The highest BCUT2D eigenvalue weighted by Crippen LogP contribution is 2.38. The fourth-order valence-electron chi connectivity index (χ4n) is 2.97. The molecule has 4 atom stereocenters. The number of nitrogens with two attached hydrogens (primary N) is 1. The highest BCUT2D eigenvalue weighted by atomic mass is 16.5. The molecule has 18 heavy (non-hydrogen) atoms. The number of nitrogens with one attached hydrogen (secondary N) is 1. The largest absolute Gasteiger partial charge is 0.376 e. The van der Waals surface area contributed by atoms with Crippen LogP contribution in [0.1, 0.15) is 6.42 Å². The molecule has 1 saturated heterocycles. The predicted molar refractivity (Wildman–Crippen MR) is 66.2 cm³/mol. The fourth-order valence-corrected chi connectivity index (χ4v) is 2.97. The van der Waals surface area contributed by atoms with E-state index in [1.165, 1.54) is 0 Å². The van der Waals surface area contributed by atoms with Crippen LogP contribution in [0.2, 0.25) is 0 Å². The summed E-state index contributed by atoms with van der Waals surface area (Å²) in [4.78, 5) is 4.41. The SMILES string of the molecule is NC1C2CCOC2C1Nc1nc2ccccn2n1. The molecule has 3 heterocycles. The Morgan fingerprint density at radius 1 is 1.44 bits per heavy atom. The molecule has 0 radical (unpaired) electrons. The molecule has 4 rings (SSSR count). The standard InChI is InChI=1S/C12H15N5O/c13-9-7-4-6-18-11(7)10(9)15-12-14-8-3-1-2-5-17(8)16-12/h1-3,5,7,9-11H,4,6,13H2,(H,15,16). The number of pyridine rings is 1. The van der Waals surface area contributed by atoms with Crippen molar-refractivity contribution in [1.29, 1.82) is 0 Å². The van der Waals surface area contributed by atoms with Crippen molar-refractivity contribution in [3.8, 4) is 0 Å². The van der Waals surface area contributed by atoms with Gasteiger partial charge in [0.25, 0.3) is 0 Å². The molecule has 1 saturated carbocycles. The van der Waals surface area contributed by atoms with Crippen LogP contribution >= 0.6 is 0 Å². The zero-order chi connectivity index (χ0) is 12.1. The van der Waals surface area contributed by atoms with Crippen LogP contribution in [0.25, 0.3) is 5.65 Å². The van der Waals surface area contributed by atoms with Gasteiger partial charge in [-0.3, -0.25) is 0 Å². The summed E-state index contributed by atoms with van der Waals surface area (Å²) in [5.74, 6) is 1.12. The Kier molecular flexibility index (Phi) is 2.09. The average Bonchev–Trinajstić information content (AvgIpc) is 2.99. The van der Waals surface area contributed by atoms with Gasteiger partial charge in [-0.15, -0.1) is 5.10 Å². The molecule has 3 N–H and O–H groups in total. The molecule has 6 heteroatoms. The van der Waals surface area contributed by atoms with Gasteiger partial charge >= 0.3 is 0 Å². The van der Waals surface area contributed by atoms with Crippen LogP contribution in [0.4, 0.5) is 5.95 Å². The van der Waals surface area contributed by atoms with Crippen LogP contribution in [-0.2, 0) is 4.74 Å². The fraction of sp³-hybridized carbons (Fsp3) is 0.500. The van der Waals surface area contributed by atoms with Crippen LogP contribution < -0.4 is 11.1 Å². The van der Waals surface area contributed by atoms with Crippen molar-refractivity contribution >= 4 is 11.6 Å². The summed E-state index contributed by atoms with van der Waals surface area (Å²) in [5, 5.41) is 7.66. The summed E-state index contributed by atoms with van der Waals surface area (Å²) < 4.78 is 7.43. The Morgan fingerprint density at radius 2 is 2.39 bits per heavy atom. The second kappa shape index (κ2) is 3.66. The van der Waals surface area contributed by atoms with E-state index in [0.717, 1.165) is 18.7 Å². The average molecular weight is 245 g/mol. The van der Waals surface area contributed by atoms with Crippen molar-refractivity contribution in [2.75, 3.05) is 11.9 Å². The van der Waals surface area contributed by atoms with Gasteiger partial charge in [-0.25, -0.2) is 4.52 Å². The number of nitrogens with zero attached hydrogens (tertiary/aromatic N) is 3. The van der Waals surface area contributed by atoms with Crippen LogP contribution in [0.3, 0.4) is 0 Å². The molecule has 0 bridgehead atoms. The van der Waals surface area contributed by atoms with E-state index < -0.39 is 0 Å². The van der Waals surface area contributed by atoms with Crippen LogP contribution in [0, 0.1) is 5.92 Å². The Bertz CT molecular complexity index is 550. The highest BCUT2D eigenvalue weighted by Gasteiger charge is 2.52. The Hall–Kier alpha value is -1.66. The Balaban J connectivity index is 1.57. The third-order valence-corrected chi connectivity index (χ3v) is 3.98. The third kappa shape index (κ3) is 1.36. The monoisotopic (exact) mass is 245 g/mol. The van der Waals surface area contributed by atoms with Gasteiger partial charge in [-0.05, 0) is 18.6 Å². The van der Waals surface area contributed by atoms with Gasteiger partial charge in [-0.1, -0.05) is 6.07 Å². The van der Waals surface area contributed by atoms with E-state index in [4.69, 9.17) is 10.5 Å². The zero-order valence-electron chi connectivity index (χ0n) is 9.86. The lowest BCUT2D eigenvalue weighted by atomic mass is 9.72. The van der Waals surface area contributed by atoms with Crippen molar-refractivity contribution in [3.05, 3.63) is 24.4 Å². The van der Waals surface area contributed by atoms with Gasteiger partial charge in [0.1, 0.15) is 0 Å². The smallest absolute Gasteiger partial charge is 0.243 e. The van der Waals surface area contributed by atoms with Crippen LogP contribution in [0.15, 0.2) is 24.4 Å². The molecular weight excluding hydrogens is 230 g/mol. The minimum absolute atomic E-state index is 0.134. The molecule has 4 unspecified atom stereocenters. The lowest BCUT2D eigenvalue weighted by Crippen LogP contribution is -2.65. The molecule has 94 valence electrons. The van der Waals surface area contributed by atoms with Crippen molar-refractivity contribution < 1.29 is 4.74 Å². The van der Waals surface area contributed by atoms with E-state index in [9.17, 15) is 0 Å². The number of rotatable bonds is 2. The van der Waals surface area contributed by atoms with Gasteiger partial charge in [0.15, 0.2) is 5.65 Å². The normalized spacial score (nSPS) is 34.3. The number of aromatic nitrogens is 3. The number of hydrogen-bond donors (Lipinski definition) is 2. The summed E-state index contributed by atoms with van der Waals surface area (Å²) in [6, 6.07) is 6.07. The maximum atomic E-state index is 6.15. The van der Waals surface area contributed by atoms with Crippen molar-refractivity contribution in [3.63, 3.8) is 0 Å². The zero-order valence-corrected chi connectivity index (χ0v) is 9.86. The Labute approximate surface area is 104 Å². The summed E-state index contributed by atoms with van der Waals surface area (Å²) in [6.07, 6.45) is 3.18. The first-order valence-corrected chi connectivity index (χ1v) is 6.28. The van der Waals surface area contributed by atoms with Crippen LogP contribution in [0.5, 0.6) is 0 Å². The summed E-state index contributed by atoms with van der Waals surface area (Å²) in [7, 11) is 0. The topological polar surface area (TPSA) is 77.5 Å². The first-order chi connectivity index (χ1) is 8.83. The van der Waals surface area contributed by atoms with Crippen molar-refractivity contribution in [2.45, 2.75) is 24.6 Å². The number of hydrogen-bond acceptors (Lipinski definition) is 5. The van der Waals surface area contributed by atoms with Crippen molar-refractivity contribution in [1.82, 2.24) is 14.6 Å². The van der Waals surface area contributed by atoms with E-state index in [2.05, 4.69) is 15.4 Å². The van der Waals surface area contributed by atoms with Gasteiger partial charge in [0.05, 0.1) is 12.1 Å². The van der Waals surface area contributed by atoms with E-state index in [0.29, 0.717) is 11.9 Å². The molecule has 2 fully saturated rings. The minimum atomic E-state index is 0.134. The maximum Gasteiger partial charge on any atom is 0.243 e. The van der Waals surface area contributed by atoms with Crippen LogP contribution in [-0.4, -0.2) is 39.4 Å². The molecule has 1 aliphatic heterocycles. The molecule has 0 aromatic carbocycles. The molecule has 2 aromatic heterocycles. The van der Waals surface area contributed by atoms with Gasteiger partial charge in [-0.2, -0.15) is 4.98 Å². The molecule has 0 amide bonds. The van der Waals surface area contributed by atoms with E-state index >= 15 is 0 Å². The van der Waals surface area contributed by atoms with Gasteiger partial charge in [0, 0.05) is 24.8 Å². The second-order valence-electron chi connectivity index (χ2n) is 4.97. The minimum Gasteiger partial charge on any atom is -0.376 e. The first kappa shape index (κ1) is 10.3. The maximum absolute atomic E-state index is 6.15. The molecule has 6 nitrogen and oxygen atoms in total. The second-order valence-corrected chi connectivity index (χ2v) is 4.97. The summed E-state index contributed by atoms with van der Waals surface area (Å²) in [5.41, 5.74) is 6.98. The molecule has 2 aromatic rings. The van der Waals surface area contributed by atoms with Gasteiger partial charge < -0.3 is 15.8 Å². The highest BCUT2D eigenvalue weighted by molar-refractivity contribution is 5.44. The lowest BCUT2D eigenvalue weighted by molar-refractivity contribution is 0.00510. The predicted octanol–water partition coefficient (Wildman–Crippen LogP) is 0.256.